The second-order valence-corrected chi connectivity index (χ2v) is 6.14. The summed E-state index contributed by atoms with van der Waals surface area (Å²) in [4.78, 5) is 0.586. The fraction of sp³-hybridized carbons (Fsp3) is 0.364. The Hall–Kier alpha value is -0.610. The Morgan fingerprint density at radius 2 is 2.12 bits per heavy atom. The van der Waals surface area contributed by atoms with Crippen LogP contribution in [0.5, 0.6) is 0 Å². The quantitative estimate of drug-likeness (QED) is 0.787. The standard InChI is InChI=1S/C11H10BrFN2OS/c12-8-1-3-11(4-2-8)17(16)15-7-9(13)5-10(15)6-14/h1-4,9-10H,5,7H2. The van der Waals surface area contributed by atoms with Gasteiger partial charge in [0.2, 0.25) is 0 Å². The number of hydrogen-bond acceptors (Lipinski definition) is 3. The lowest BCUT2D eigenvalue weighted by Crippen LogP contribution is -2.35. The van der Waals surface area contributed by atoms with Crippen molar-refractivity contribution in [2.45, 2.75) is 23.5 Å². The van der Waals surface area contributed by atoms with E-state index in [-0.39, 0.29) is 13.0 Å². The molecule has 0 aliphatic carbocycles. The number of rotatable bonds is 2. The normalized spacial score (nSPS) is 26.7. The predicted molar refractivity (Wildman–Crippen MR) is 66.2 cm³/mol. The van der Waals surface area contributed by atoms with Crippen LogP contribution >= 0.6 is 15.9 Å². The second-order valence-electron chi connectivity index (χ2n) is 3.78. The van der Waals surface area contributed by atoms with Crippen LogP contribution in [0.2, 0.25) is 0 Å². The highest BCUT2D eigenvalue weighted by Crippen LogP contribution is 2.27. The summed E-state index contributed by atoms with van der Waals surface area (Å²) in [5.74, 6) is 0. The maximum Gasteiger partial charge on any atom is 0.174 e. The van der Waals surface area contributed by atoms with E-state index in [1.165, 1.54) is 4.31 Å². The van der Waals surface area contributed by atoms with Gasteiger partial charge in [0.05, 0.1) is 24.0 Å². The van der Waals surface area contributed by atoms with Gasteiger partial charge in [0.25, 0.3) is 0 Å². The monoisotopic (exact) mass is 316 g/mol. The topological polar surface area (TPSA) is 50.1 Å². The molecular formula is C11H10BrFN2OS. The molecule has 0 saturated carbocycles. The summed E-state index contributed by atoms with van der Waals surface area (Å²) in [6.45, 7) is 0.0565. The summed E-state index contributed by atoms with van der Waals surface area (Å²) in [7, 11) is 0. The first-order chi connectivity index (χ1) is 8.11. The van der Waals surface area contributed by atoms with E-state index >= 15 is 0 Å². The smallest absolute Gasteiger partial charge is 0.174 e. The molecule has 1 aromatic rings. The van der Waals surface area contributed by atoms with E-state index in [2.05, 4.69) is 15.9 Å². The molecule has 1 aliphatic rings. The van der Waals surface area contributed by atoms with Gasteiger partial charge in [-0.25, -0.2) is 4.39 Å². The molecule has 1 aromatic carbocycles. The summed E-state index contributed by atoms with van der Waals surface area (Å²) < 4.78 is 27.7. The van der Waals surface area contributed by atoms with Gasteiger partial charge in [-0.2, -0.15) is 5.26 Å². The van der Waals surface area contributed by atoms with Gasteiger partial charge in [-0.05, 0) is 24.3 Å². The number of halogens is 2. The van der Waals surface area contributed by atoms with Crippen LogP contribution in [0.1, 0.15) is 6.42 Å². The van der Waals surface area contributed by atoms with E-state index in [0.717, 1.165) is 4.47 Å². The average molecular weight is 317 g/mol. The largest absolute Gasteiger partial charge is 0.593 e. The first-order valence-corrected chi connectivity index (χ1v) is 6.99. The highest BCUT2D eigenvalue weighted by atomic mass is 79.9. The summed E-state index contributed by atoms with van der Waals surface area (Å²) in [6.07, 6.45) is -0.933. The van der Waals surface area contributed by atoms with E-state index in [4.69, 9.17) is 5.26 Å². The van der Waals surface area contributed by atoms with Crippen molar-refractivity contribution >= 4 is 27.3 Å². The molecule has 0 aromatic heterocycles. The minimum absolute atomic E-state index is 0.0565. The van der Waals surface area contributed by atoms with Gasteiger partial charge in [-0.3, -0.25) is 0 Å². The first kappa shape index (κ1) is 12.8. The summed E-state index contributed by atoms with van der Waals surface area (Å²) >= 11 is 1.82. The molecule has 1 fully saturated rings. The van der Waals surface area contributed by atoms with Gasteiger partial charge >= 0.3 is 0 Å². The number of benzene rings is 1. The van der Waals surface area contributed by atoms with Gasteiger partial charge in [-0.15, -0.1) is 4.31 Å². The van der Waals surface area contributed by atoms with Gasteiger partial charge < -0.3 is 4.55 Å². The summed E-state index contributed by atoms with van der Waals surface area (Å²) in [5.41, 5.74) is 0. The van der Waals surface area contributed by atoms with Crippen LogP contribution in [0, 0.1) is 11.3 Å². The van der Waals surface area contributed by atoms with Gasteiger partial charge in [0, 0.05) is 10.9 Å². The van der Waals surface area contributed by atoms with Crippen molar-refractivity contribution in [1.82, 2.24) is 4.31 Å². The van der Waals surface area contributed by atoms with Gasteiger partial charge in [0.1, 0.15) is 12.2 Å². The van der Waals surface area contributed by atoms with Crippen LogP contribution in [0.25, 0.3) is 0 Å². The molecule has 0 N–H and O–H groups in total. The van der Waals surface area contributed by atoms with E-state index < -0.39 is 23.6 Å². The zero-order valence-corrected chi connectivity index (χ0v) is 11.2. The van der Waals surface area contributed by atoms with E-state index in [9.17, 15) is 8.94 Å². The third-order valence-electron chi connectivity index (χ3n) is 2.58. The molecule has 0 amide bonds. The Bertz CT molecular complexity index is 436. The Labute approximate surface area is 111 Å². The van der Waals surface area contributed by atoms with Crippen LogP contribution in [0.3, 0.4) is 0 Å². The third kappa shape index (κ3) is 2.80. The Kier molecular flexibility index (Phi) is 4.05. The van der Waals surface area contributed by atoms with Crippen molar-refractivity contribution in [2.75, 3.05) is 6.54 Å². The molecule has 2 rings (SSSR count). The highest BCUT2D eigenvalue weighted by Gasteiger charge is 2.40. The summed E-state index contributed by atoms with van der Waals surface area (Å²) in [5, 5.41) is 8.89. The number of alkyl halides is 1. The van der Waals surface area contributed by atoms with E-state index in [0.29, 0.717) is 4.90 Å². The molecular weight excluding hydrogens is 307 g/mol. The van der Waals surface area contributed by atoms with Crippen LogP contribution < -0.4 is 0 Å². The maximum atomic E-state index is 13.2. The molecule has 3 nitrogen and oxygen atoms in total. The fourth-order valence-electron chi connectivity index (χ4n) is 1.74. The Balaban J connectivity index is 2.17. The molecule has 17 heavy (non-hydrogen) atoms. The average Bonchev–Trinajstić information content (AvgIpc) is 2.70. The van der Waals surface area contributed by atoms with Crippen molar-refractivity contribution in [3.8, 4) is 6.07 Å². The van der Waals surface area contributed by atoms with Crippen LogP contribution in [-0.2, 0) is 11.4 Å². The van der Waals surface area contributed by atoms with Crippen molar-refractivity contribution < 1.29 is 8.94 Å². The minimum atomic E-state index is -1.47. The highest BCUT2D eigenvalue weighted by molar-refractivity contribution is 9.10. The SMILES string of the molecule is N#CC1CC(F)CN1[S+]([O-])c1ccc(Br)cc1. The zero-order valence-electron chi connectivity index (χ0n) is 8.85. The fourth-order valence-corrected chi connectivity index (χ4v) is 3.31. The molecule has 6 heteroatoms. The molecule has 90 valence electrons. The van der Waals surface area contributed by atoms with Crippen LogP contribution in [0.15, 0.2) is 33.6 Å². The van der Waals surface area contributed by atoms with Crippen molar-refractivity contribution in [2.24, 2.45) is 0 Å². The molecule has 3 unspecified atom stereocenters. The van der Waals surface area contributed by atoms with Gasteiger partial charge in [0.15, 0.2) is 4.90 Å². The number of nitriles is 1. The molecule has 0 radical (unpaired) electrons. The third-order valence-corrected chi connectivity index (χ3v) is 4.62. The van der Waals surface area contributed by atoms with Crippen molar-refractivity contribution in [3.05, 3.63) is 28.7 Å². The Morgan fingerprint density at radius 1 is 1.47 bits per heavy atom. The number of nitrogens with zero attached hydrogens (tertiary/aromatic N) is 2. The van der Waals surface area contributed by atoms with Crippen LogP contribution in [-0.4, -0.2) is 27.6 Å². The van der Waals surface area contributed by atoms with Gasteiger partial charge in [-0.1, -0.05) is 15.9 Å². The lowest BCUT2D eigenvalue weighted by atomic mass is 10.2. The molecule has 3 atom stereocenters. The van der Waals surface area contributed by atoms with Crippen LogP contribution in [0.4, 0.5) is 4.39 Å². The minimum Gasteiger partial charge on any atom is -0.593 e. The molecule has 0 bridgehead atoms. The van der Waals surface area contributed by atoms with Crippen molar-refractivity contribution in [3.63, 3.8) is 0 Å². The molecule has 1 heterocycles. The van der Waals surface area contributed by atoms with E-state index in [1.54, 1.807) is 24.3 Å². The second kappa shape index (κ2) is 5.36. The first-order valence-electron chi connectivity index (χ1n) is 5.09. The Morgan fingerprint density at radius 3 is 2.71 bits per heavy atom. The summed E-state index contributed by atoms with van der Waals surface area (Å²) in [6, 6.07) is 8.36. The number of hydrogen-bond donors (Lipinski definition) is 0. The lowest BCUT2D eigenvalue weighted by molar-refractivity contribution is 0.343. The lowest BCUT2D eigenvalue weighted by Gasteiger charge is -2.21. The maximum absolute atomic E-state index is 13.2. The van der Waals surface area contributed by atoms with E-state index in [1.807, 2.05) is 6.07 Å². The molecule has 0 spiro atoms. The van der Waals surface area contributed by atoms with Crippen molar-refractivity contribution in [1.29, 1.82) is 5.26 Å². The zero-order chi connectivity index (χ0) is 12.4. The molecule has 1 aliphatic heterocycles. The molecule has 1 saturated heterocycles. The predicted octanol–water partition coefficient (Wildman–Crippen LogP) is 2.41.